The SMILES string of the molecule is CCCC(CCC)C1CCC(C2CCC(CCC)(CCC)CC2)CC1. The van der Waals surface area contributed by atoms with Gasteiger partial charge in [-0.25, -0.2) is 0 Å². The molecule has 2 aliphatic rings. The molecule has 0 N–H and O–H groups in total. The Bertz CT molecular complexity index is 314. The van der Waals surface area contributed by atoms with Crippen LogP contribution in [0, 0.1) is 29.1 Å². The first-order valence-corrected chi connectivity index (χ1v) is 12.2. The Balaban J connectivity index is 1.80. The highest BCUT2D eigenvalue weighted by Crippen LogP contribution is 2.50. The van der Waals surface area contributed by atoms with Gasteiger partial charge in [0, 0.05) is 0 Å². The lowest BCUT2D eigenvalue weighted by atomic mass is 9.61. The van der Waals surface area contributed by atoms with Crippen LogP contribution in [-0.2, 0) is 0 Å². The van der Waals surface area contributed by atoms with E-state index in [2.05, 4.69) is 27.7 Å². The van der Waals surface area contributed by atoms with Crippen molar-refractivity contribution in [3.8, 4) is 0 Å². The first-order valence-electron chi connectivity index (χ1n) is 12.2. The molecule has 0 atom stereocenters. The normalized spacial score (nSPS) is 27.7. The van der Waals surface area contributed by atoms with E-state index in [0.29, 0.717) is 0 Å². The van der Waals surface area contributed by atoms with Crippen LogP contribution in [0.25, 0.3) is 0 Å². The van der Waals surface area contributed by atoms with Gasteiger partial charge in [0.25, 0.3) is 0 Å². The highest BCUT2D eigenvalue weighted by atomic mass is 14.4. The van der Waals surface area contributed by atoms with Gasteiger partial charge in [0.1, 0.15) is 0 Å². The highest BCUT2D eigenvalue weighted by molar-refractivity contribution is 4.89. The van der Waals surface area contributed by atoms with Crippen molar-refractivity contribution in [3.05, 3.63) is 0 Å². The van der Waals surface area contributed by atoms with E-state index in [0.717, 1.165) is 29.1 Å². The van der Waals surface area contributed by atoms with E-state index < -0.39 is 0 Å². The smallest absolute Gasteiger partial charge is 0.0297 e. The van der Waals surface area contributed by atoms with Crippen LogP contribution in [0.2, 0.25) is 0 Å². The topological polar surface area (TPSA) is 0 Å². The fourth-order valence-corrected chi connectivity index (χ4v) is 6.85. The molecule has 0 saturated heterocycles. The Morgan fingerprint density at radius 1 is 0.640 bits per heavy atom. The Labute approximate surface area is 159 Å². The lowest BCUT2D eigenvalue weighted by Gasteiger charge is -2.44. The molecule has 0 aromatic carbocycles. The predicted molar refractivity (Wildman–Crippen MR) is 113 cm³/mol. The molecule has 25 heavy (non-hydrogen) atoms. The quantitative estimate of drug-likeness (QED) is 0.370. The average Bonchev–Trinajstić information content (AvgIpc) is 2.63. The van der Waals surface area contributed by atoms with E-state index in [1.165, 1.54) is 51.4 Å². The third-order valence-electron chi connectivity index (χ3n) is 8.12. The van der Waals surface area contributed by atoms with Gasteiger partial charge in [0.2, 0.25) is 0 Å². The van der Waals surface area contributed by atoms with Gasteiger partial charge >= 0.3 is 0 Å². The van der Waals surface area contributed by atoms with Crippen LogP contribution in [0.3, 0.4) is 0 Å². The van der Waals surface area contributed by atoms with Gasteiger partial charge < -0.3 is 0 Å². The molecule has 0 nitrogen and oxygen atoms in total. The molecular weight excluding hydrogens is 300 g/mol. The molecule has 0 aromatic heterocycles. The minimum absolute atomic E-state index is 0.741. The Kier molecular flexibility index (Phi) is 9.36. The maximum atomic E-state index is 2.40. The molecule has 148 valence electrons. The lowest BCUT2D eigenvalue weighted by molar-refractivity contribution is 0.0701. The van der Waals surface area contributed by atoms with Crippen molar-refractivity contribution < 1.29 is 0 Å². The predicted octanol–water partition coefficient (Wildman–Crippen LogP) is 8.79. The summed E-state index contributed by atoms with van der Waals surface area (Å²) in [6.07, 6.45) is 24.0. The number of hydrogen-bond acceptors (Lipinski definition) is 0. The molecule has 0 spiro atoms. The fraction of sp³-hybridized carbons (Fsp3) is 1.00. The van der Waals surface area contributed by atoms with Crippen LogP contribution in [-0.4, -0.2) is 0 Å². The second kappa shape index (κ2) is 11.0. The summed E-state index contributed by atoms with van der Waals surface area (Å²) in [5.41, 5.74) is 0.741. The maximum Gasteiger partial charge on any atom is -0.0297 e. The van der Waals surface area contributed by atoms with Crippen LogP contribution in [0.15, 0.2) is 0 Å². The van der Waals surface area contributed by atoms with Gasteiger partial charge in [-0.2, -0.15) is 0 Å². The van der Waals surface area contributed by atoms with Gasteiger partial charge in [0.05, 0.1) is 0 Å². The minimum atomic E-state index is 0.741. The zero-order valence-electron chi connectivity index (χ0n) is 18.1. The van der Waals surface area contributed by atoms with Crippen molar-refractivity contribution in [1.29, 1.82) is 0 Å². The van der Waals surface area contributed by atoms with Gasteiger partial charge in [-0.15, -0.1) is 0 Å². The van der Waals surface area contributed by atoms with E-state index in [9.17, 15) is 0 Å². The zero-order chi connectivity index (χ0) is 18.1. The van der Waals surface area contributed by atoms with Gasteiger partial charge in [-0.1, -0.05) is 66.2 Å². The summed E-state index contributed by atoms with van der Waals surface area (Å²) in [5.74, 6) is 4.28. The lowest BCUT2D eigenvalue weighted by Crippen LogP contribution is -2.32. The molecule has 0 unspecified atom stereocenters. The average molecular weight is 349 g/mol. The number of hydrogen-bond donors (Lipinski definition) is 0. The molecule has 0 heteroatoms. The van der Waals surface area contributed by atoms with Gasteiger partial charge in [0.15, 0.2) is 0 Å². The highest BCUT2D eigenvalue weighted by Gasteiger charge is 2.37. The van der Waals surface area contributed by atoms with Crippen LogP contribution >= 0.6 is 0 Å². The van der Waals surface area contributed by atoms with Gasteiger partial charge in [-0.05, 0) is 93.3 Å². The molecule has 0 radical (unpaired) electrons. The van der Waals surface area contributed by atoms with Crippen molar-refractivity contribution in [2.45, 2.75) is 130 Å². The first-order chi connectivity index (χ1) is 12.2. The van der Waals surface area contributed by atoms with Crippen LogP contribution in [0.4, 0.5) is 0 Å². The van der Waals surface area contributed by atoms with Crippen molar-refractivity contribution >= 4 is 0 Å². The number of rotatable bonds is 10. The summed E-state index contributed by atoms with van der Waals surface area (Å²) < 4.78 is 0. The molecule has 0 aromatic rings. The third kappa shape index (κ3) is 6.00. The van der Waals surface area contributed by atoms with Crippen LogP contribution in [0.5, 0.6) is 0 Å². The Hall–Kier alpha value is 0. The monoisotopic (exact) mass is 348 g/mol. The first kappa shape index (κ1) is 21.3. The molecule has 2 saturated carbocycles. The van der Waals surface area contributed by atoms with Crippen molar-refractivity contribution in [2.24, 2.45) is 29.1 Å². The van der Waals surface area contributed by atoms with Gasteiger partial charge in [-0.3, -0.25) is 0 Å². The maximum absolute atomic E-state index is 2.40. The largest absolute Gasteiger partial charge is 0.0654 e. The molecule has 0 aliphatic heterocycles. The standard InChI is InChI=1S/C25H48/c1-5-9-21(10-6-2)22-11-13-23(14-12-22)24-15-19-25(17-7-3,18-8-4)20-16-24/h21-24H,5-20H2,1-4H3. The zero-order valence-corrected chi connectivity index (χ0v) is 18.1. The van der Waals surface area contributed by atoms with E-state index in [4.69, 9.17) is 0 Å². The molecule has 0 amide bonds. The van der Waals surface area contributed by atoms with Crippen molar-refractivity contribution in [3.63, 3.8) is 0 Å². The minimum Gasteiger partial charge on any atom is -0.0654 e. The summed E-state index contributed by atoms with van der Waals surface area (Å²) in [7, 11) is 0. The Morgan fingerprint density at radius 2 is 1.12 bits per heavy atom. The summed E-state index contributed by atoms with van der Waals surface area (Å²) in [6.45, 7) is 9.56. The molecule has 2 rings (SSSR count). The van der Waals surface area contributed by atoms with E-state index in [-0.39, 0.29) is 0 Å². The summed E-state index contributed by atoms with van der Waals surface area (Å²) in [4.78, 5) is 0. The Morgan fingerprint density at radius 3 is 1.56 bits per heavy atom. The van der Waals surface area contributed by atoms with E-state index in [1.54, 1.807) is 51.4 Å². The summed E-state index contributed by atoms with van der Waals surface area (Å²) in [5, 5.41) is 0. The summed E-state index contributed by atoms with van der Waals surface area (Å²) in [6, 6.07) is 0. The summed E-state index contributed by atoms with van der Waals surface area (Å²) >= 11 is 0. The molecular formula is C25H48. The van der Waals surface area contributed by atoms with Crippen LogP contribution < -0.4 is 0 Å². The van der Waals surface area contributed by atoms with Crippen LogP contribution in [0.1, 0.15) is 130 Å². The second-order valence-corrected chi connectivity index (χ2v) is 9.85. The fourth-order valence-electron chi connectivity index (χ4n) is 6.85. The molecule has 2 aliphatic carbocycles. The third-order valence-corrected chi connectivity index (χ3v) is 8.12. The molecule has 2 fully saturated rings. The second-order valence-electron chi connectivity index (χ2n) is 9.85. The van der Waals surface area contributed by atoms with Crippen molar-refractivity contribution in [1.82, 2.24) is 0 Å². The molecule has 0 bridgehead atoms. The van der Waals surface area contributed by atoms with E-state index >= 15 is 0 Å². The van der Waals surface area contributed by atoms with E-state index in [1.807, 2.05) is 0 Å². The van der Waals surface area contributed by atoms with Crippen molar-refractivity contribution in [2.75, 3.05) is 0 Å². The molecule has 0 heterocycles.